The van der Waals surface area contributed by atoms with Gasteiger partial charge in [0.2, 0.25) is 0 Å². The lowest BCUT2D eigenvalue weighted by atomic mass is 10.0. The lowest BCUT2D eigenvalue weighted by Crippen LogP contribution is -2.44. The number of hydrogen-bond acceptors (Lipinski definition) is 8. The molecular weight excluding hydrogens is 947 g/mol. The zero-order valence-electron chi connectivity index (χ0n) is 51.2. The van der Waals surface area contributed by atoms with Crippen molar-refractivity contribution in [3.63, 3.8) is 0 Å². The van der Waals surface area contributed by atoms with E-state index in [0.717, 1.165) is 64.2 Å². The first-order valence-corrected chi connectivity index (χ1v) is 33.0. The van der Waals surface area contributed by atoms with Crippen LogP contribution in [0.1, 0.15) is 328 Å². The second kappa shape index (κ2) is 58.9. The number of ether oxygens (including phenoxy) is 4. The third-order valence-electron chi connectivity index (χ3n) is 14.9. The fraction of sp³-hybridized carbons (Fsp3) is 0.896. The van der Waals surface area contributed by atoms with Gasteiger partial charge in [0, 0.05) is 12.8 Å². The molecule has 0 spiro atoms. The molecule has 0 saturated carbocycles. The Balaban J connectivity index is 3.81. The van der Waals surface area contributed by atoms with Crippen molar-refractivity contribution in [2.75, 3.05) is 47.5 Å². The molecule has 0 aliphatic heterocycles. The summed E-state index contributed by atoms with van der Waals surface area (Å²) in [7, 11) is 5.92. The number of rotatable bonds is 62. The molecular formula is C67H127NO8. The summed E-state index contributed by atoms with van der Waals surface area (Å²) in [5.74, 6) is -2.28. The lowest BCUT2D eigenvalue weighted by Gasteiger charge is -2.26. The summed E-state index contributed by atoms with van der Waals surface area (Å²) < 4.78 is 22.6. The Morgan fingerprint density at radius 2 is 0.697 bits per heavy atom. The van der Waals surface area contributed by atoms with Gasteiger partial charge in [-0.05, 0) is 57.8 Å². The highest BCUT2D eigenvalue weighted by molar-refractivity contribution is 5.70. The van der Waals surface area contributed by atoms with Crippen molar-refractivity contribution < 1.29 is 42.9 Å². The Labute approximate surface area is 471 Å². The predicted molar refractivity (Wildman–Crippen MR) is 320 cm³/mol. The fourth-order valence-corrected chi connectivity index (χ4v) is 9.83. The number of allylic oxidation sites excluding steroid dienone is 4. The third-order valence-corrected chi connectivity index (χ3v) is 14.9. The number of carbonyl (C=O) groups excluding carboxylic acids is 3. The van der Waals surface area contributed by atoms with Crippen LogP contribution in [0.5, 0.6) is 0 Å². The molecule has 0 aromatic heterocycles. The summed E-state index contributed by atoms with van der Waals surface area (Å²) in [6, 6.07) is 0. The van der Waals surface area contributed by atoms with E-state index in [2.05, 4.69) is 38.2 Å². The van der Waals surface area contributed by atoms with Gasteiger partial charge in [0.1, 0.15) is 13.2 Å². The van der Waals surface area contributed by atoms with Gasteiger partial charge in [-0.25, -0.2) is 0 Å². The van der Waals surface area contributed by atoms with Crippen molar-refractivity contribution >= 4 is 17.9 Å². The second-order valence-corrected chi connectivity index (χ2v) is 23.8. The molecule has 0 bridgehead atoms. The Morgan fingerprint density at radius 3 is 1.03 bits per heavy atom. The fourth-order valence-electron chi connectivity index (χ4n) is 9.83. The van der Waals surface area contributed by atoms with Crippen LogP contribution in [0.3, 0.4) is 0 Å². The molecule has 0 aliphatic carbocycles. The molecule has 0 heterocycles. The molecule has 0 saturated heterocycles. The Bertz CT molecular complexity index is 1300. The van der Waals surface area contributed by atoms with Gasteiger partial charge in [-0.15, -0.1) is 0 Å². The molecule has 0 aromatic carbocycles. The summed E-state index contributed by atoms with van der Waals surface area (Å²) in [6.07, 6.45) is 68.8. The number of aliphatic carboxylic acids is 1. The highest BCUT2D eigenvalue weighted by Gasteiger charge is 2.22. The van der Waals surface area contributed by atoms with Crippen molar-refractivity contribution in [1.82, 2.24) is 0 Å². The van der Waals surface area contributed by atoms with Crippen LogP contribution in [0, 0.1) is 0 Å². The first-order valence-electron chi connectivity index (χ1n) is 33.0. The zero-order chi connectivity index (χ0) is 55.5. The minimum absolute atomic E-state index is 0.149. The molecule has 0 amide bonds. The summed E-state index contributed by atoms with van der Waals surface area (Å²) in [5, 5.41) is 11.7. The molecule has 2 atom stereocenters. The largest absolute Gasteiger partial charge is 0.545 e. The predicted octanol–water partition coefficient (Wildman–Crippen LogP) is 18.5. The number of carboxylic acid groups (broad SMARTS) is 1. The molecule has 0 radical (unpaired) electrons. The van der Waals surface area contributed by atoms with E-state index in [0.29, 0.717) is 11.0 Å². The van der Waals surface area contributed by atoms with E-state index >= 15 is 0 Å². The van der Waals surface area contributed by atoms with Crippen LogP contribution in [0.15, 0.2) is 24.3 Å². The van der Waals surface area contributed by atoms with E-state index in [4.69, 9.17) is 18.9 Å². The molecule has 0 N–H and O–H groups in total. The van der Waals surface area contributed by atoms with E-state index in [1.165, 1.54) is 238 Å². The van der Waals surface area contributed by atoms with Gasteiger partial charge in [-0.2, -0.15) is 0 Å². The highest BCUT2D eigenvalue weighted by atomic mass is 16.7. The quantitative estimate of drug-likeness (QED) is 0.0195. The SMILES string of the molecule is CCC/C=C\CCCCCCCC(=O)OCC(COC(OCC[N+](C)(C)C)C(=O)[O-])OC(=O)CCCCCCCCCCCCCCCCCCCCCCCCCCCCCCC/C=C\CCCCCCCCCC. The van der Waals surface area contributed by atoms with Gasteiger partial charge < -0.3 is 33.3 Å². The van der Waals surface area contributed by atoms with Crippen molar-refractivity contribution in [2.45, 2.75) is 341 Å². The number of quaternary nitrogens is 1. The van der Waals surface area contributed by atoms with E-state index in [9.17, 15) is 19.5 Å². The molecule has 0 aromatic rings. The standard InChI is InChI=1S/C67H127NO8/c1-6-8-10-12-14-16-18-19-20-21-22-23-24-25-26-27-28-29-30-31-32-33-34-35-36-37-38-39-40-41-42-43-44-45-46-47-48-50-52-54-56-58-65(70)76-63(62-75-67(66(71)72)73-60-59-68(3,4)5)61-74-64(69)57-55-53-51-49-17-15-13-11-9-7-2/h11,13,21-22,63,67H,6-10,12,14-20,23-62H2,1-5H3/b13-11-,22-21-. The molecule has 2 unspecified atom stereocenters. The number of nitrogens with zero attached hydrogens (tertiary/aromatic N) is 1. The highest BCUT2D eigenvalue weighted by Crippen LogP contribution is 2.18. The van der Waals surface area contributed by atoms with E-state index in [1.54, 1.807) is 0 Å². The second-order valence-electron chi connectivity index (χ2n) is 23.8. The third kappa shape index (κ3) is 59.4. The first kappa shape index (κ1) is 73.8. The van der Waals surface area contributed by atoms with Crippen molar-refractivity contribution in [3.05, 3.63) is 24.3 Å². The first-order chi connectivity index (χ1) is 37.1. The number of esters is 2. The Morgan fingerprint density at radius 1 is 0.382 bits per heavy atom. The Kier molecular flexibility index (Phi) is 57.2. The molecule has 9 heteroatoms. The maximum absolute atomic E-state index is 12.8. The van der Waals surface area contributed by atoms with Crippen LogP contribution in [0.2, 0.25) is 0 Å². The van der Waals surface area contributed by atoms with Gasteiger partial charge in [-0.3, -0.25) is 9.59 Å². The smallest absolute Gasteiger partial charge is 0.306 e. The summed E-state index contributed by atoms with van der Waals surface area (Å²) >= 11 is 0. The minimum atomic E-state index is -1.62. The van der Waals surface area contributed by atoms with Gasteiger partial charge in [-0.1, -0.05) is 282 Å². The van der Waals surface area contributed by atoms with Crippen LogP contribution >= 0.6 is 0 Å². The van der Waals surface area contributed by atoms with Crippen LogP contribution in [0.25, 0.3) is 0 Å². The monoisotopic (exact) mass is 1070 g/mol. The maximum Gasteiger partial charge on any atom is 0.306 e. The Hall–Kier alpha value is -2.23. The molecule has 0 aliphatic rings. The van der Waals surface area contributed by atoms with Gasteiger partial charge in [0.05, 0.1) is 40.3 Å². The average Bonchev–Trinajstić information content (AvgIpc) is 3.39. The lowest BCUT2D eigenvalue weighted by molar-refractivity contribution is -0.870. The van der Waals surface area contributed by atoms with Crippen LogP contribution in [-0.4, -0.2) is 82.3 Å². The number of carboxylic acids is 1. The summed E-state index contributed by atoms with van der Waals surface area (Å²) in [4.78, 5) is 37.1. The van der Waals surface area contributed by atoms with Crippen LogP contribution in [-0.2, 0) is 33.3 Å². The minimum Gasteiger partial charge on any atom is -0.545 e. The number of likely N-dealkylation sites (N-methyl/N-ethyl adjacent to an activating group) is 1. The topological polar surface area (TPSA) is 111 Å². The molecule has 9 nitrogen and oxygen atoms in total. The van der Waals surface area contributed by atoms with E-state index < -0.39 is 24.3 Å². The number of hydrogen-bond donors (Lipinski definition) is 0. The van der Waals surface area contributed by atoms with Crippen molar-refractivity contribution in [1.29, 1.82) is 0 Å². The summed E-state index contributed by atoms with van der Waals surface area (Å²) in [6.45, 7) is 4.71. The molecule has 448 valence electrons. The van der Waals surface area contributed by atoms with Gasteiger partial charge in [0.15, 0.2) is 12.4 Å². The molecule has 76 heavy (non-hydrogen) atoms. The van der Waals surface area contributed by atoms with Crippen LogP contribution in [0.4, 0.5) is 0 Å². The van der Waals surface area contributed by atoms with Crippen molar-refractivity contribution in [3.8, 4) is 0 Å². The zero-order valence-corrected chi connectivity index (χ0v) is 51.2. The number of unbranched alkanes of at least 4 members (excludes halogenated alkanes) is 43. The van der Waals surface area contributed by atoms with Gasteiger partial charge >= 0.3 is 11.9 Å². The number of carbonyl (C=O) groups is 3. The average molecular weight is 1070 g/mol. The van der Waals surface area contributed by atoms with E-state index in [-0.39, 0.29) is 38.6 Å². The molecule has 0 fully saturated rings. The molecule has 0 rings (SSSR count). The maximum atomic E-state index is 12.8. The summed E-state index contributed by atoms with van der Waals surface area (Å²) in [5.41, 5.74) is 0. The van der Waals surface area contributed by atoms with E-state index in [1.807, 2.05) is 21.1 Å². The van der Waals surface area contributed by atoms with Gasteiger partial charge in [0.25, 0.3) is 0 Å². The van der Waals surface area contributed by atoms with Crippen LogP contribution < -0.4 is 5.11 Å². The van der Waals surface area contributed by atoms with Crippen molar-refractivity contribution in [2.24, 2.45) is 0 Å². The normalized spacial score (nSPS) is 12.8.